The van der Waals surface area contributed by atoms with Crippen LogP contribution < -0.4 is 0 Å². The quantitative estimate of drug-likeness (QED) is 0.736. The molecule has 0 aromatic heterocycles. The summed E-state index contributed by atoms with van der Waals surface area (Å²) in [7, 11) is 3.16. The van der Waals surface area contributed by atoms with Gasteiger partial charge in [-0.1, -0.05) is 54.0 Å². The summed E-state index contributed by atoms with van der Waals surface area (Å²) in [6, 6.07) is 9.52. The van der Waals surface area contributed by atoms with Gasteiger partial charge in [-0.25, -0.2) is 0 Å². The first-order valence-corrected chi connectivity index (χ1v) is 7.50. The van der Waals surface area contributed by atoms with Crippen molar-refractivity contribution < 1.29 is 4.79 Å². The van der Waals surface area contributed by atoms with Crippen molar-refractivity contribution in [2.24, 2.45) is 0 Å². The molecular formula is C12H14OS2. The lowest BCUT2D eigenvalue weighted by molar-refractivity contribution is 0.109. The molecule has 0 unspecified atom stereocenters. The SMILES string of the molecule is O=C(SSC1CCCC1)c1ccccc1. The Morgan fingerprint density at radius 2 is 1.80 bits per heavy atom. The summed E-state index contributed by atoms with van der Waals surface area (Å²) in [5.74, 6) is 0. The third kappa shape index (κ3) is 3.28. The van der Waals surface area contributed by atoms with Crippen LogP contribution in [0.15, 0.2) is 30.3 Å². The molecule has 3 heteroatoms. The van der Waals surface area contributed by atoms with Crippen molar-refractivity contribution in [1.82, 2.24) is 0 Å². The Hall–Kier alpha value is -0.410. The summed E-state index contributed by atoms with van der Waals surface area (Å²) in [5, 5.41) is 0.884. The molecule has 0 atom stereocenters. The van der Waals surface area contributed by atoms with Gasteiger partial charge in [-0.2, -0.15) is 0 Å². The first-order chi connectivity index (χ1) is 7.36. The fraction of sp³-hybridized carbons (Fsp3) is 0.417. The van der Waals surface area contributed by atoms with Crippen LogP contribution in [0.2, 0.25) is 0 Å². The minimum absolute atomic E-state index is 0.187. The van der Waals surface area contributed by atoms with E-state index in [2.05, 4.69) is 0 Å². The summed E-state index contributed by atoms with van der Waals surface area (Å²) < 4.78 is 0. The molecule has 1 aliphatic rings. The fourth-order valence-corrected chi connectivity index (χ4v) is 4.24. The topological polar surface area (TPSA) is 17.1 Å². The first-order valence-electron chi connectivity index (χ1n) is 5.29. The van der Waals surface area contributed by atoms with Crippen molar-refractivity contribution in [3.63, 3.8) is 0 Å². The van der Waals surface area contributed by atoms with Crippen LogP contribution in [0.25, 0.3) is 0 Å². The van der Waals surface area contributed by atoms with Crippen molar-refractivity contribution in [1.29, 1.82) is 0 Å². The second-order valence-corrected chi connectivity index (χ2v) is 6.21. The van der Waals surface area contributed by atoms with Crippen molar-refractivity contribution in [2.75, 3.05) is 0 Å². The number of carbonyl (C=O) groups is 1. The predicted molar refractivity (Wildman–Crippen MR) is 68.2 cm³/mol. The van der Waals surface area contributed by atoms with Gasteiger partial charge in [0.1, 0.15) is 0 Å². The van der Waals surface area contributed by atoms with Crippen LogP contribution >= 0.6 is 21.6 Å². The average Bonchev–Trinajstić information content (AvgIpc) is 2.80. The van der Waals surface area contributed by atoms with Crippen LogP contribution in [-0.4, -0.2) is 10.4 Å². The van der Waals surface area contributed by atoms with Crippen molar-refractivity contribution in [3.05, 3.63) is 35.9 Å². The molecule has 0 saturated heterocycles. The first kappa shape index (κ1) is 11.1. The number of benzene rings is 1. The number of hydrogen-bond donors (Lipinski definition) is 0. The third-order valence-electron chi connectivity index (χ3n) is 2.57. The van der Waals surface area contributed by atoms with Crippen LogP contribution in [0.4, 0.5) is 0 Å². The second kappa shape index (κ2) is 5.61. The monoisotopic (exact) mass is 238 g/mol. The van der Waals surface area contributed by atoms with Crippen LogP contribution in [0, 0.1) is 0 Å². The Morgan fingerprint density at radius 3 is 2.47 bits per heavy atom. The Balaban J connectivity index is 1.82. The average molecular weight is 238 g/mol. The van der Waals surface area contributed by atoms with E-state index in [0.29, 0.717) is 5.25 Å². The molecule has 80 valence electrons. The second-order valence-electron chi connectivity index (χ2n) is 3.74. The van der Waals surface area contributed by atoms with Crippen LogP contribution in [0.3, 0.4) is 0 Å². The van der Waals surface area contributed by atoms with Gasteiger partial charge in [0.2, 0.25) is 5.12 Å². The largest absolute Gasteiger partial charge is 0.281 e. The van der Waals surface area contributed by atoms with E-state index in [1.54, 1.807) is 10.8 Å². The molecule has 1 fully saturated rings. The van der Waals surface area contributed by atoms with E-state index >= 15 is 0 Å². The molecule has 0 spiro atoms. The Bertz CT molecular complexity index is 318. The van der Waals surface area contributed by atoms with Crippen molar-refractivity contribution in [2.45, 2.75) is 30.9 Å². The highest BCUT2D eigenvalue weighted by Gasteiger charge is 2.17. The molecular weight excluding hydrogens is 224 g/mol. The van der Waals surface area contributed by atoms with E-state index in [1.807, 2.05) is 30.3 Å². The van der Waals surface area contributed by atoms with E-state index in [9.17, 15) is 4.79 Å². The zero-order valence-corrected chi connectivity index (χ0v) is 10.2. The van der Waals surface area contributed by atoms with E-state index in [4.69, 9.17) is 0 Å². The van der Waals surface area contributed by atoms with Crippen LogP contribution in [0.5, 0.6) is 0 Å². The summed E-state index contributed by atoms with van der Waals surface area (Å²) in [5.41, 5.74) is 0.813. The summed E-state index contributed by atoms with van der Waals surface area (Å²) in [6.07, 6.45) is 5.22. The highest BCUT2D eigenvalue weighted by Crippen LogP contribution is 2.38. The standard InChI is InChI=1S/C12H14OS2/c13-12(10-6-2-1-3-7-10)15-14-11-8-4-5-9-11/h1-3,6-7,11H,4-5,8-9H2. The fourth-order valence-electron chi connectivity index (χ4n) is 1.72. The maximum atomic E-state index is 11.7. The number of rotatable bonds is 3. The number of carbonyl (C=O) groups excluding carboxylic acids is 1. The van der Waals surface area contributed by atoms with Gasteiger partial charge in [-0.3, -0.25) is 4.79 Å². The molecule has 1 aromatic rings. The molecule has 15 heavy (non-hydrogen) atoms. The van der Waals surface area contributed by atoms with Gasteiger partial charge in [-0.05, 0) is 23.6 Å². The molecule has 0 bridgehead atoms. The zero-order valence-electron chi connectivity index (χ0n) is 8.52. The molecule has 0 N–H and O–H groups in total. The highest BCUT2D eigenvalue weighted by molar-refractivity contribution is 8.82. The normalized spacial score (nSPS) is 16.8. The lowest BCUT2D eigenvalue weighted by Gasteiger charge is -2.06. The molecule has 1 aromatic carbocycles. The third-order valence-corrected chi connectivity index (χ3v) is 5.36. The predicted octanol–water partition coefficient (Wildman–Crippen LogP) is 4.15. The molecule has 1 nitrogen and oxygen atoms in total. The van der Waals surface area contributed by atoms with Gasteiger partial charge in [0.15, 0.2) is 0 Å². The summed E-state index contributed by atoms with van der Waals surface area (Å²) in [4.78, 5) is 11.7. The lowest BCUT2D eigenvalue weighted by atomic mass is 10.2. The maximum absolute atomic E-state index is 11.7. The van der Waals surface area contributed by atoms with E-state index < -0.39 is 0 Å². The molecule has 0 amide bonds. The number of hydrogen-bond acceptors (Lipinski definition) is 3. The van der Waals surface area contributed by atoms with Crippen LogP contribution in [-0.2, 0) is 0 Å². The van der Waals surface area contributed by atoms with Crippen molar-refractivity contribution in [3.8, 4) is 0 Å². The van der Waals surface area contributed by atoms with E-state index in [-0.39, 0.29) is 5.12 Å². The lowest BCUT2D eigenvalue weighted by Crippen LogP contribution is -1.95. The Kier molecular flexibility index (Phi) is 4.15. The minimum Gasteiger partial charge on any atom is -0.281 e. The maximum Gasteiger partial charge on any atom is 0.229 e. The van der Waals surface area contributed by atoms with Gasteiger partial charge >= 0.3 is 0 Å². The van der Waals surface area contributed by atoms with E-state index in [1.165, 1.54) is 36.5 Å². The molecule has 0 aliphatic heterocycles. The molecule has 2 rings (SSSR count). The summed E-state index contributed by atoms with van der Waals surface area (Å²) >= 11 is 0. The summed E-state index contributed by atoms with van der Waals surface area (Å²) in [6.45, 7) is 0. The minimum atomic E-state index is 0.187. The zero-order chi connectivity index (χ0) is 10.5. The Morgan fingerprint density at radius 1 is 1.13 bits per heavy atom. The van der Waals surface area contributed by atoms with Gasteiger partial charge < -0.3 is 0 Å². The van der Waals surface area contributed by atoms with Crippen molar-refractivity contribution >= 4 is 26.7 Å². The van der Waals surface area contributed by atoms with E-state index in [0.717, 1.165) is 5.56 Å². The van der Waals surface area contributed by atoms with Crippen LogP contribution in [0.1, 0.15) is 36.0 Å². The van der Waals surface area contributed by atoms with Gasteiger partial charge in [0.05, 0.1) is 0 Å². The Labute approximate surface area is 98.4 Å². The van der Waals surface area contributed by atoms with Gasteiger partial charge in [-0.15, -0.1) is 0 Å². The molecule has 1 saturated carbocycles. The molecule has 0 radical (unpaired) electrons. The van der Waals surface area contributed by atoms with Gasteiger partial charge in [0.25, 0.3) is 0 Å². The molecule has 1 aliphatic carbocycles. The molecule has 0 heterocycles. The van der Waals surface area contributed by atoms with Gasteiger partial charge in [0, 0.05) is 10.8 Å². The highest BCUT2D eigenvalue weighted by atomic mass is 33.1. The smallest absolute Gasteiger partial charge is 0.229 e.